The summed E-state index contributed by atoms with van der Waals surface area (Å²) in [6, 6.07) is 9.11. The first-order valence-corrected chi connectivity index (χ1v) is 5.29. The second-order valence-corrected chi connectivity index (χ2v) is 3.82. The first kappa shape index (κ1) is 13.0. The number of carbonyl (C=O) groups excluding carboxylic acids is 1. The van der Waals surface area contributed by atoms with E-state index < -0.39 is 0 Å². The first-order valence-electron chi connectivity index (χ1n) is 5.29. The molecule has 1 saturated heterocycles. The summed E-state index contributed by atoms with van der Waals surface area (Å²) in [7, 11) is 0. The molecule has 0 amide bonds. The van der Waals surface area contributed by atoms with Gasteiger partial charge in [-0.15, -0.1) is 12.4 Å². The number of hydrogen-bond acceptors (Lipinski definition) is 3. The van der Waals surface area contributed by atoms with Crippen LogP contribution in [0.4, 0.5) is 0 Å². The van der Waals surface area contributed by atoms with Crippen molar-refractivity contribution in [3.63, 3.8) is 0 Å². The number of nitrogens with one attached hydrogen (secondary N) is 1. The van der Waals surface area contributed by atoms with Crippen LogP contribution in [-0.4, -0.2) is 25.7 Å². The van der Waals surface area contributed by atoms with Crippen LogP contribution < -0.4 is 5.32 Å². The zero-order valence-corrected chi connectivity index (χ0v) is 9.83. The molecule has 0 saturated carbocycles. The third-order valence-electron chi connectivity index (χ3n) is 2.62. The van der Waals surface area contributed by atoms with E-state index in [2.05, 4.69) is 5.32 Å². The number of ether oxygens (including phenoxy) is 1. The van der Waals surface area contributed by atoms with Crippen LogP contribution in [0, 0.1) is 5.92 Å². The van der Waals surface area contributed by atoms with Crippen molar-refractivity contribution in [2.75, 3.05) is 19.7 Å². The van der Waals surface area contributed by atoms with Crippen LogP contribution in [0.25, 0.3) is 0 Å². The highest BCUT2D eigenvalue weighted by Gasteiger charge is 2.16. The Hall–Kier alpha value is -1.06. The Labute approximate surface area is 102 Å². The van der Waals surface area contributed by atoms with Gasteiger partial charge in [-0.25, -0.2) is 4.79 Å². The molecule has 88 valence electrons. The number of halogens is 1. The molecule has 1 atom stereocenters. The predicted molar refractivity (Wildman–Crippen MR) is 64.9 cm³/mol. The fourth-order valence-corrected chi connectivity index (χ4v) is 1.71. The molecule has 0 aromatic heterocycles. The summed E-state index contributed by atoms with van der Waals surface area (Å²) >= 11 is 0. The van der Waals surface area contributed by atoms with Crippen LogP contribution in [0.2, 0.25) is 0 Å². The van der Waals surface area contributed by atoms with Crippen LogP contribution in [0.3, 0.4) is 0 Å². The van der Waals surface area contributed by atoms with Gasteiger partial charge in [0.05, 0.1) is 12.2 Å². The topological polar surface area (TPSA) is 38.3 Å². The van der Waals surface area contributed by atoms with Crippen LogP contribution in [0.5, 0.6) is 0 Å². The van der Waals surface area contributed by atoms with Gasteiger partial charge in [-0.05, 0) is 25.1 Å². The Bertz CT molecular complexity index is 323. The SMILES string of the molecule is Cl.O=C(OCC1CCNC1)c1ccccc1. The molecule has 0 radical (unpaired) electrons. The van der Waals surface area contributed by atoms with Gasteiger partial charge in [0.15, 0.2) is 0 Å². The molecule has 2 rings (SSSR count). The van der Waals surface area contributed by atoms with E-state index in [4.69, 9.17) is 4.74 Å². The van der Waals surface area contributed by atoms with E-state index >= 15 is 0 Å². The molecule has 1 aromatic carbocycles. The quantitative estimate of drug-likeness (QED) is 0.822. The van der Waals surface area contributed by atoms with Crippen LogP contribution in [0.1, 0.15) is 16.8 Å². The number of benzene rings is 1. The lowest BCUT2D eigenvalue weighted by atomic mass is 10.1. The van der Waals surface area contributed by atoms with Gasteiger partial charge < -0.3 is 10.1 Å². The van der Waals surface area contributed by atoms with Crippen LogP contribution in [0.15, 0.2) is 30.3 Å². The van der Waals surface area contributed by atoms with Crippen molar-refractivity contribution in [2.45, 2.75) is 6.42 Å². The highest BCUT2D eigenvalue weighted by atomic mass is 35.5. The molecular formula is C12H16ClNO2. The summed E-state index contributed by atoms with van der Waals surface area (Å²) in [5.74, 6) is 0.264. The molecule has 16 heavy (non-hydrogen) atoms. The predicted octanol–water partition coefficient (Wildman–Crippen LogP) is 1.87. The summed E-state index contributed by atoms with van der Waals surface area (Å²) in [4.78, 5) is 11.6. The zero-order chi connectivity index (χ0) is 10.5. The van der Waals surface area contributed by atoms with Gasteiger partial charge in [0.2, 0.25) is 0 Å². The van der Waals surface area contributed by atoms with E-state index in [-0.39, 0.29) is 18.4 Å². The molecule has 1 unspecified atom stereocenters. The van der Waals surface area contributed by atoms with Crippen molar-refractivity contribution in [3.8, 4) is 0 Å². The molecule has 0 spiro atoms. The van der Waals surface area contributed by atoms with Crippen molar-refractivity contribution >= 4 is 18.4 Å². The number of esters is 1. The van der Waals surface area contributed by atoms with Crippen molar-refractivity contribution in [3.05, 3.63) is 35.9 Å². The summed E-state index contributed by atoms with van der Waals surface area (Å²) in [6.45, 7) is 2.52. The summed E-state index contributed by atoms with van der Waals surface area (Å²) in [5.41, 5.74) is 0.628. The van der Waals surface area contributed by atoms with E-state index in [1.807, 2.05) is 18.2 Å². The lowest BCUT2D eigenvalue weighted by Gasteiger charge is -2.09. The van der Waals surface area contributed by atoms with E-state index in [0.717, 1.165) is 19.5 Å². The van der Waals surface area contributed by atoms with Gasteiger partial charge in [0.25, 0.3) is 0 Å². The van der Waals surface area contributed by atoms with Gasteiger partial charge in [0, 0.05) is 12.5 Å². The van der Waals surface area contributed by atoms with Gasteiger partial charge in [0.1, 0.15) is 0 Å². The standard InChI is InChI=1S/C12H15NO2.ClH/c14-12(11-4-2-1-3-5-11)15-9-10-6-7-13-8-10;/h1-5,10,13H,6-9H2;1H. The Morgan fingerprint density at radius 2 is 2.12 bits per heavy atom. The van der Waals surface area contributed by atoms with Crippen molar-refractivity contribution in [2.24, 2.45) is 5.92 Å². The normalized spacial score (nSPS) is 18.9. The molecule has 1 aromatic rings. The molecule has 1 fully saturated rings. The Kier molecular flexibility index (Phi) is 5.29. The maximum absolute atomic E-state index is 11.6. The molecule has 1 aliphatic rings. The van der Waals surface area contributed by atoms with E-state index in [1.54, 1.807) is 12.1 Å². The van der Waals surface area contributed by atoms with Crippen LogP contribution in [-0.2, 0) is 4.74 Å². The highest BCUT2D eigenvalue weighted by molar-refractivity contribution is 5.89. The molecule has 1 N–H and O–H groups in total. The zero-order valence-electron chi connectivity index (χ0n) is 9.02. The van der Waals surface area contributed by atoms with Crippen molar-refractivity contribution in [1.29, 1.82) is 0 Å². The number of carbonyl (C=O) groups is 1. The fourth-order valence-electron chi connectivity index (χ4n) is 1.71. The molecule has 1 aliphatic heterocycles. The average molecular weight is 242 g/mol. The Morgan fingerprint density at radius 3 is 2.75 bits per heavy atom. The molecule has 4 heteroatoms. The maximum atomic E-state index is 11.6. The van der Waals surface area contributed by atoms with E-state index in [9.17, 15) is 4.79 Å². The fraction of sp³-hybridized carbons (Fsp3) is 0.417. The van der Waals surface area contributed by atoms with Gasteiger partial charge in [-0.3, -0.25) is 0 Å². The number of rotatable bonds is 3. The molecule has 0 bridgehead atoms. The molecule has 3 nitrogen and oxygen atoms in total. The second kappa shape index (κ2) is 6.51. The Morgan fingerprint density at radius 1 is 1.38 bits per heavy atom. The number of hydrogen-bond donors (Lipinski definition) is 1. The molecule has 0 aliphatic carbocycles. The van der Waals surface area contributed by atoms with Gasteiger partial charge >= 0.3 is 5.97 Å². The van der Waals surface area contributed by atoms with Crippen LogP contribution >= 0.6 is 12.4 Å². The minimum Gasteiger partial charge on any atom is -0.462 e. The minimum absolute atomic E-state index is 0. The minimum atomic E-state index is -0.220. The smallest absolute Gasteiger partial charge is 0.338 e. The van der Waals surface area contributed by atoms with E-state index in [0.29, 0.717) is 18.1 Å². The highest BCUT2D eigenvalue weighted by Crippen LogP contribution is 2.09. The maximum Gasteiger partial charge on any atom is 0.338 e. The van der Waals surface area contributed by atoms with Gasteiger partial charge in [-0.2, -0.15) is 0 Å². The second-order valence-electron chi connectivity index (χ2n) is 3.82. The Balaban J connectivity index is 0.00000128. The average Bonchev–Trinajstić information content (AvgIpc) is 2.80. The molecular weight excluding hydrogens is 226 g/mol. The summed E-state index contributed by atoms with van der Waals surface area (Å²) in [5, 5.41) is 3.24. The largest absolute Gasteiger partial charge is 0.462 e. The van der Waals surface area contributed by atoms with Crippen molar-refractivity contribution in [1.82, 2.24) is 5.32 Å². The summed E-state index contributed by atoms with van der Waals surface area (Å²) in [6.07, 6.45) is 1.10. The lowest BCUT2D eigenvalue weighted by Crippen LogP contribution is -2.16. The summed E-state index contributed by atoms with van der Waals surface area (Å²) < 4.78 is 5.23. The van der Waals surface area contributed by atoms with Gasteiger partial charge in [-0.1, -0.05) is 18.2 Å². The molecule has 1 heterocycles. The third kappa shape index (κ3) is 3.51. The van der Waals surface area contributed by atoms with Crippen molar-refractivity contribution < 1.29 is 9.53 Å². The lowest BCUT2D eigenvalue weighted by molar-refractivity contribution is 0.0450. The first-order chi connectivity index (χ1) is 7.36. The third-order valence-corrected chi connectivity index (χ3v) is 2.62. The monoisotopic (exact) mass is 241 g/mol. The van der Waals surface area contributed by atoms with E-state index in [1.165, 1.54) is 0 Å².